The summed E-state index contributed by atoms with van der Waals surface area (Å²) in [5, 5.41) is 9.00. The third kappa shape index (κ3) is 4.19. The van der Waals surface area contributed by atoms with Crippen LogP contribution in [-0.2, 0) is 24.2 Å². The lowest BCUT2D eigenvalue weighted by Crippen LogP contribution is -2.32. The first kappa shape index (κ1) is 22.9. The van der Waals surface area contributed by atoms with Crippen LogP contribution in [0.4, 0.5) is 0 Å². The zero-order chi connectivity index (χ0) is 21.8. The quantitative estimate of drug-likeness (QED) is 0.778. The molecule has 0 saturated carbocycles. The Hall–Kier alpha value is -2.80. The molecule has 1 N–H and O–H groups in total. The number of methoxy groups -OCH3 is 1. The lowest BCUT2D eigenvalue weighted by molar-refractivity contribution is -0.137. The van der Waals surface area contributed by atoms with Crippen molar-refractivity contribution in [2.75, 3.05) is 7.11 Å². The Kier molecular flexibility index (Phi) is 5.69. The van der Waals surface area contributed by atoms with Gasteiger partial charge in [-0.15, -0.1) is 12.4 Å². The van der Waals surface area contributed by atoms with Gasteiger partial charge in [0.15, 0.2) is 11.5 Å². The number of nitrogens with zero attached hydrogens (tertiary/aromatic N) is 2. The van der Waals surface area contributed by atoms with Gasteiger partial charge in [-0.05, 0) is 51.8 Å². The molecule has 166 valence electrons. The molecular weight excluding hydrogens is 420 g/mol. The van der Waals surface area contributed by atoms with E-state index in [-0.39, 0.29) is 35.7 Å². The number of aromatic nitrogens is 1. The van der Waals surface area contributed by atoms with Crippen molar-refractivity contribution in [3.63, 3.8) is 0 Å². The topological polar surface area (TPSA) is 90.1 Å². The number of rotatable bonds is 4. The zero-order valence-corrected chi connectivity index (χ0v) is 19.1. The highest BCUT2D eigenvalue weighted by molar-refractivity contribution is 6.16. The molecule has 8 heteroatoms. The van der Waals surface area contributed by atoms with Crippen molar-refractivity contribution in [2.45, 2.75) is 58.2 Å². The van der Waals surface area contributed by atoms with Gasteiger partial charge in [0.1, 0.15) is 12.1 Å². The van der Waals surface area contributed by atoms with Gasteiger partial charge in [0.25, 0.3) is 5.56 Å². The highest BCUT2D eigenvalue weighted by atomic mass is 35.5. The molecule has 31 heavy (non-hydrogen) atoms. The summed E-state index contributed by atoms with van der Waals surface area (Å²) in [6.45, 7) is 7.82. The third-order valence-corrected chi connectivity index (χ3v) is 5.48. The summed E-state index contributed by atoms with van der Waals surface area (Å²) in [6, 6.07) is 5.23. The van der Waals surface area contributed by atoms with Gasteiger partial charge in [0, 0.05) is 35.4 Å². The van der Waals surface area contributed by atoms with E-state index in [1.807, 2.05) is 19.9 Å². The Morgan fingerprint density at radius 1 is 1.26 bits per heavy atom. The summed E-state index contributed by atoms with van der Waals surface area (Å²) in [5.41, 5.74) is 3.46. The molecule has 0 fully saturated rings. The summed E-state index contributed by atoms with van der Waals surface area (Å²) >= 11 is 0. The standard InChI is InChI=1S/C23H26N2O5.ClH/c1-22(2)10-14-8-16(29-5)21-15(11-23(3,4)30-21)19(14)20(24-22)13-6-7-25(12-18(27)28)17(26)9-13;/h6-9H,10-12H2,1-5H3,(H,27,28);1H. The number of carboxylic acids is 1. The maximum atomic E-state index is 12.5. The van der Waals surface area contributed by atoms with Crippen molar-refractivity contribution >= 4 is 24.1 Å². The molecule has 7 nitrogen and oxygen atoms in total. The van der Waals surface area contributed by atoms with E-state index in [1.165, 1.54) is 16.8 Å². The van der Waals surface area contributed by atoms with Gasteiger partial charge >= 0.3 is 5.97 Å². The van der Waals surface area contributed by atoms with Crippen molar-refractivity contribution in [3.8, 4) is 11.5 Å². The summed E-state index contributed by atoms with van der Waals surface area (Å²) in [4.78, 5) is 28.5. The SMILES string of the molecule is COc1cc2c(c3c1OC(C)(C)C3)C(c1ccn(CC(=O)O)c(=O)c1)=NC(C)(C)C2.Cl. The molecule has 0 spiro atoms. The Bertz CT molecular complexity index is 1150. The number of fused-ring (bicyclic) bond motifs is 3. The molecule has 0 radical (unpaired) electrons. The molecule has 1 aromatic carbocycles. The molecule has 0 aliphatic carbocycles. The van der Waals surface area contributed by atoms with Crippen LogP contribution in [0.1, 0.15) is 49.9 Å². The molecule has 0 saturated heterocycles. The third-order valence-electron chi connectivity index (χ3n) is 5.48. The second-order valence-electron chi connectivity index (χ2n) is 9.18. The molecule has 0 amide bonds. The van der Waals surface area contributed by atoms with Crippen LogP contribution in [0.2, 0.25) is 0 Å². The van der Waals surface area contributed by atoms with Gasteiger partial charge in [-0.25, -0.2) is 0 Å². The van der Waals surface area contributed by atoms with Crippen molar-refractivity contribution in [1.29, 1.82) is 0 Å². The van der Waals surface area contributed by atoms with E-state index in [0.717, 1.165) is 34.6 Å². The van der Waals surface area contributed by atoms with Crippen LogP contribution in [0.3, 0.4) is 0 Å². The number of ether oxygens (including phenoxy) is 2. The monoisotopic (exact) mass is 446 g/mol. The smallest absolute Gasteiger partial charge is 0.323 e. The molecule has 3 heterocycles. The Morgan fingerprint density at radius 3 is 2.58 bits per heavy atom. The zero-order valence-electron chi connectivity index (χ0n) is 18.3. The minimum atomic E-state index is -1.06. The van der Waals surface area contributed by atoms with E-state index in [0.29, 0.717) is 17.7 Å². The van der Waals surface area contributed by atoms with E-state index in [2.05, 4.69) is 13.8 Å². The first-order valence-electron chi connectivity index (χ1n) is 9.94. The average Bonchev–Trinajstić information content (AvgIpc) is 2.95. The summed E-state index contributed by atoms with van der Waals surface area (Å²) in [7, 11) is 1.64. The normalized spacial score (nSPS) is 17.5. The van der Waals surface area contributed by atoms with Crippen LogP contribution in [0.5, 0.6) is 11.5 Å². The fraction of sp³-hybridized carbons (Fsp3) is 0.435. The first-order chi connectivity index (χ1) is 14.0. The maximum Gasteiger partial charge on any atom is 0.323 e. The predicted molar refractivity (Wildman–Crippen MR) is 120 cm³/mol. The lowest BCUT2D eigenvalue weighted by atomic mass is 9.81. The number of carbonyl (C=O) groups is 1. The molecule has 2 aliphatic rings. The minimum Gasteiger partial charge on any atom is -0.493 e. The number of hydrogen-bond donors (Lipinski definition) is 1. The van der Waals surface area contributed by atoms with Crippen molar-refractivity contribution in [2.24, 2.45) is 4.99 Å². The van der Waals surface area contributed by atoms with E-state index < -0.39 is 5.97 Å². The molecule has 2 aliphatic heterocycles. The number of pyridine rings is 1. The highest BCUT2D eigenvalue weighted by Gasteiger charge is 2.39. The van der Waals surface area contributed by atoms with Crippen molar-refractivity contribution in [1.82, 2.24) is 4.57 Å². The minimum absolute atomic E-state index is 0. The van der Waals surface area contributed by atoms with Crippen LogP contribution in [0.15, 0.2) is 34.2 Å². The molecule has 0 unspecified atom stereocenters. The van der Waals surface area contributed by atoms with Gasteiger partial charge in [-0.1, -0.05) is 0 Å². The van der Waals surface area contributed by atoms with Gasteiger partial charge in [-0.3, -0.25) is 14.6 Å². The van der Waals surface area contributed by atoms with Crippen molar-refractivity contribution in [3.05, 3.63) is 57.0 Å². The summed E-state index contributed by atoms with van der Waals surface area (Å²) in [6.07, 6.45) is 2.96. The van der Waals surface area contributed by atoms with Gasteiger partial charge in [-0.2, -0.15) is 0 Å². The number of halogens is 1. The van der Waals surface area contributed by atoms with E-state index in [4.69, 9.17) is 19.6 Å². The van der Waals surface area contributed by atoms with Gasteiger partial charge in [0.2, 0.25) is 0 Å². The van der Waals surface area contributed by atoms with Gasteiger partial charge < -0.3 is 19.1 Å². The van der Waals surface area contributed by atoms with E-state index >= 15 is 0 Å². The van der Waals surface area contributed by atoms with Crippen LogP contribution in [-0.4, -0.2) is 39.6 Å². The fourth-order valence-electron chi connectivity index (χ4n) is 4.36. The molecule has 4 rings (SSSR count). The second kappa shape index (κ2) is 7.71. The molecule has 0 atom stereocenters. The second-order valence-corrected chi connectivity index (χ2v) is 9.18. The number of aliphatic carboxylic acids is 1. The van der Waals surface area contributed by atoms with Crippen LogP contribution in [0, 0.1) is 0 Å². The maximum absolute atomic E-state index is 12.5. The fourth-order valence-corrected chi connectivity index (χ4v) is 4.36. The highest BCUT2D eigenvalue weighted by Crippen LogP contribution is 2.47. The summed E-state index contributed by atoms with van der Waals surface area (Å²) in [5.74, 6) is 0.381. The Balaban J connectivity index is 0.00000272. The van der Waals surface area contributed by atoms with Crippen LogP contribution >= 0.6 is 12.4 Å². The molecule has 1 aromatic heterocycles. The lowest BCUT2D eigenvalue weighted by Gasteiger charge is -2.31. The number of aliphatic imine (C=N–C) groups is 1. The molecule has 0 bridgehead atoms. The molecular formula is C23H27ClN2O5. The number of carboxylic acid groups (broad SMARTS) is 1. The Labute approximate surface area is 187 Å². The molecule has 2 aromatic rings. The largest absolute Gasteiger partial charge is 0.493 e. The van der Waals surface area contributed by atoms with Crippen LogP contribution < -0.4 is 15.0 Å². The summed E-state index contributed by atoms with van der Waals surface area (Å²) < 4.78 is 13.0. The van der Waals surface area contributed by atoms with E-state index in [9.17, 15) is 9.59 Å². The van der Waals surface area contributed by atoms with E-state index in [1.54, 1.807) is 13.2 Å². The Morgan fingerprint density at radius 2 is 1.97 bits per heavy atom. The average molecular weight is 447 g/mol. The first-order valence-corrected chi connectivity index (χ1v) is 9.94. The van der Waals surface area contributed by atoms with Crippen LogP contribution in [0.25, 0.3) is 0 Å². The number of benzene rings is 1. The van der Waals surface area contributed by atoms with Gasteiger partial charge in [0.05, 0.1) is 18.4 Å². The predicted octanol–water partition coefficient (Wildman–Crippen LogP) is 3.25. The number of hydrogen-bond acceptors (Lipinski definition) is 5. The van der Waals surface area contributed by atoms with Crippen molar-refractivity contribution < 1.29 is 19.4 Å².